The van der Waals surface area contributed by atoms with Gasteiger partial charge in [-0.3, -0.25) is 9.59 Å². The van der Waals surface area contributed by atoms with Crippen LogP contribution in [-0.4, -0.2) is 45.8 Å². The standard InChI is InChI=1S/C17H18N4O2/c1-9-13-6-12(8-19)21(17(9)13)16(23)3-2-15(22)20-11(7-18)4-10-5-14(10)20/h2-3,9-14,17H,4-6H2,1H3/b3-2+/t9-,10?,11?,12?,13?,14?,17?/m0/s1. The Labute approximate surface area is 134 Å². The summed E-state index contributed by atoms with van der Waals surface area (Å²) in [6.07, 6.45) is 5.02. The summed E-state index contributed by atoms with van der Waals surface area (Å²) < 4.78 is 0. The van der Waals surface area contributed by atoms with Crippen LogP contribution in [0.1, 0.15) is 26.2 Å². The largest absolute Gasteiger partial charge is 0.320 e. The van der Waals surface area contributed by atoms with Crippen molar-refractivity contribution in [1.82, 2.24) is 9.80 Å². The predicted molar refractivity (Wildman–Crippen MR) is 79.2 cm³/mol. The fourth-order valence-electron chi connectivity index (χ4n) is 4.53. The molecule has 0 N–H and O–H groups in total. The van der Waals surface area contributed by atoms with E-state index >= 15 is 0 Å². The van der Waals surface area contributed by atoms with E-state index in [1.165, 1.54) is 12.2 Å². The Morgan fingerprint density at radius 1 is 1.00 bits per heavy atom. The molecule has 0 aromatic carbocycles. The lowest BCUT2D eigenvalue weighted by atomic mass is 10.1. The van der Waals surface area contributed by atoms with Crippen LogP contribution in [0.15, 0.2) is 12.2 Å². The monoisotopic (exact) mass is 310 g/mol. The molecule has 7 atom stereocenters. The molecule has 2 saturated heterocycles. The van der Waals surface area contributed by atoms with Crippen molar-refractivity contribution in [2.45, 2.75) is 50.4 Å². The summed E-state index contributed by atoms with van der Waals surface area (Å²) in [5.74, 6) is 0.815. The van der Waals surface area contributed by atoms with E-state index in [0.717, 1.165) is 19.3 Å². The van der Waals surface area contributed by atoms with Gasteiger partial charge in [0.05, 0.1) is 12.1 Å². The number of piperidine rings is 2. The lowest BCUT2D eigenvalue weighted by molar-refractivity contribution is -0.129. The van der Waals surface area contributed by atoms with Gasteiger partial charge >= 0.3 is 0 Å². The lowest BCUT2D eigenvalue weighted by Crippen LogP contribution is -2.39. The van der Waals surface area contributed by atoms with Crippen LogP contribution in [0.2, 0.25) is 0 Å². The van der Waals surface area contributed by atoms with Gasteiger partial charge in [0, 0.05) is 24.2 Å². The summed E-state index contributed by atoms with van der Waals surface area (Å²) in [7, 11) is 0. The third-order valence-corrected chi connectivity index (χ3v) is 5.94. The Morgan fingerprint density at radius 2 is 1.61 bits per heavy atom. The molecule has 0 bridgehead atoms. The molecule has 23 heavy (non-hydrogen) atoms. The van der Waals surface area contributed by atoms with Crippen molar-refractivity contribution in [1.29, 1.82) is 10.5 Å². The van der Waals surface area contributed by atoms with E-state index in [9.17, 15) is 14.9 Å². The van der Waals surface area contributed by atoms with Crippen molar-refractivity contribution in [3.05, 3.63) is 12.2 Å². The van der Waals surface area contributed by atoms with E-state index in [1.807, 2.05) is 0 Å². The molecule has 2 heterocycles. The minimum Gasteiger partial charge on any atom is -0.320 e. The molecular weight excluding hydrogens is 292 g/mol. The summed E-state index contributed by atoms with van der Waals surface area (Å²) in [6.45, 7) is 2.09. The Morgan fingerprint density at radius 3 is 2.26 bits per heavy atom. The van der Waals surface area contributed by atoms with Crippen LogP contribution in [-0.2, 0) is 9.59 Å². The zero-order valence-corrected chi connectivity index (χ0v) is 12.9. The second-order valence-electron chi connectivity index (χ2n) is 7.16. The van der Waals surface area contributed by atoms with Crippen LogP contribution in [0, 0.1) is 40.4 Å². The van der Waals surface area contributed by atoms with Crippen LogP contribution in [0.25, 0.3) is 0 Å². The van der Waals surface area contributed by atoms with E-state index in [1.54, 1.807) is 9.80 Å². The Kier molecular flexibility index (Phi) is 2.99. The molecule has 4 rings (SSSR count). The number of likely N-dealkylation sites (tertiary alicyclic amines) is 2. The molecule has 2 aliphatic carbocycles. The van der Waals surface area contributed by atoms with Crippen molar-refractivity contribution >= 4 is 11.8 Å². The van der Waals surface area contributed by atoms with Crippen LogP contribution >= 0.6 is 0 Å². The van der Waals surface area contributed by atoms with E-state index in [4.69, 9.17) is 5.26 Å². The number of nitrogens with zero attached hydrogens (tertiary/aromatic N) is 4. The van der Waals surface area contributed by atoms with Crippen molar-refractivity contribution in [2.75, 3.05) is 0 Å². The normalized spacial score (nSPS) is 42.8. The highest BCUT2D eigenvalue weighted by atomic mass is 16.2. The van der Waals surface area contributed by atoms with Crippen LogP contribution in [0.5, 0.6) is 0 Å². The zero-order valence-electron chi connectivity index (χ0n) is 12.9. The molecule has 0 spiro atoms. The lowest BCUT2D eigenvalue weighted by Gasteiger charge is -2.23. The number of carbonyl (C=O) groups is 2. The molecular formula is C17H18N4O2. The maximum atomic E-state index is 12.4. The summed E-state index contributed by atoms with van der Waals surface area (Å²) in [5.41, 5.74) is 0. The number of rotatable bonds is 2. The number of carbonyl (C=O) groups excluding carboxylic acids is 2. The van der Waals surface area contributed by atoms with Crippen molar-refractivity contribution in [2.24, 2.45) is 17.8 Å². The molecule has 6 nitrogen and oxygen atoms in total. The highest BCUT2D eigenvalue weighted by molar-refractivity contribution is 5.98. The first kappa shape index (κ1) is 14.3. The van der Waals surface area contributed by atoms with Crippen molar-refractivity contribution in [3.63, 3.8) is 0 Å². The van der Waals surface area contributed by atoms with Gasteiger partial charge in [0.1, 0.15) is 12.1 Å². The Hall–Kier alpha value is -2.34. The van der Waals surface area contributed by atoms with Gasteiger partial charge in [-0.05, 0) is 37.0 Å². The summed E-state index contributed by atoms with van der Waals surface area (Å²) in [4.78, 5) is 28.0. The first-order chi connectivity index (χ1) is 11.1. The molecule has 2 aliphatic heterocycles. The quantitative estimate of drug-likeness (QED) is 0.706. The number of fused-ring (bicyclic) bond motifs is 2. The SMILES string of the molecule is C[C@H]1C2CC(C#N)N(C(=O)/C=C/C(=O)N3C(C#N)CC4CC43)C21. The van der Waals surface area contributed by atoms with Crippen LogP contribution in [0.4, 0.5) is 0 Å². The molecule has 4 fully saturated rings. The number of nitriles is 2. The third-order valence-electron chi connectivity index (χ3n) is 5.94. The summed E-state index contributed by atoms with van der Waals surface area (Å²) in [5, 5.41) is 18.3. The fourth-order valence-corrected chi connectivity index (χ4v) is 4.53. The maximum Gasteiger partial charge on any atom is 0.248 e. The second kappa shape index (κ2) is 4.83. The molecule has 0 radical (unpaired) electrons. The minimum absolute atomic E-state index is 0.151. The summed E-state index contributed by atoms with van der Waals surface area (Å²) >= 11 is 0. The topological polar surface area (TPSA) is 88.2 Å². The molecule has 0 aromatic rings. The molecule has 6 heteroatoms. The summed E-state index contributed by atoms with van der Waals surface area (Å²) in [6, 6.07) is 3.94. The Balaban J connectivity index is 1.44. The molecule has 0 aromatic heterocycles. The van der Waals surface area contributed by atoms with Gasteiger partial charge in [-0.2, -0.15) is 10.5 Å². The maximum absolute atomic E-state index is 12.4. The highest BCUT2D eigenvalue weighted by Gasteiger charge is 2.60. The smallest absolute Gasteiger partial charge is 0.248 e. The number of amides is 2. The van der Waals surface area contributed by atoms with Crippen molar-refractivity contribution < 1.29 is 9.59 Å². The van der Waals surface area contributed by atoms with E-state index in [-0.39, 0.29) is 36.0 Å². The first-order valence-electron chi connectivity index (χ1n) is 8.18. The van der Waals surface area contributed by atoms with Crippen LogP contribution < -0.4 is 0 Å². The van der Waals surface area contributed by atoms with Gasteiger partial charge < -0.3 is 9.80 Å². The molecule has 118 valence electrons. The predicted octanol–water partition coefficient (Wildman–Crippen LogP) is 0.815. The third kappa shape index (κ3) is 2.05. The van der Waals surface area contributed by atoms with E-state index in [2.05, 4.69) is 19.1 Å². The zero-order chi connectivity index (χ0) is 16.3. The van der Waals surface area contributed by atoms with Gasteiger partial charge in [-0.15, -0.1) is 0 Å². The van der Waals surface area contributed by atoms with Crippen LogP contribution in [0.3, 0.4) is 0 Å². The Bertz CT molecular complexity index is 688. The first-order valence-corrected chi connectivity index (χ1v) is 8.18. The van der Waals surface area contributed by atoms with Gasteiger partial charge in [0.2, 0.25) is 11.8 Å². The average molecular weight is 310 g/mol. The van der Waals surface area contributed by atoms with Gasteiger partial charge in [0.15, 0.2) is 0 Å². The number of hydrogen-bond donors (Lipinski definition) is 0. The highest BCUT2D eigenvalue weighted by Crippen LogP contribution is 2.53. The van der Waals surface area contributed by atoms with E-state index in [0.29, 0.717) is 17.8 Å². The second-order valence-corrected chi connectivity index (χ2v) is 7.16. The fraction of sp³-hybridized carbons (Fsp3) is 0.647. The minimum atomic E-state index is -0.375. The molecule has 2 saturated carbocycles. The van der Waals surface area contributed by atoms with E-state index < -0.39 is 0 Å². The van der Waals surface area contributed by atoms with Crippen molar-refractivity contribution in [3.8, 4) is 12.1 Å². The van der Waals surface area contributed by atoms with Gasteiger partial charge in [-0.1, -0.05) is 6.92 Å². The van der Waals surface area contributed by atoms with Gasteiger partial charge in [0.25, 0.3) is 0 Å². The number of hydrogen-bond acceptors (Lipinski definition) is 4. The molecule has 6 unspecified atom stereocenters. The average Bonchev–Trinajstić information content (AvgIpc) is 3.33. The molecule has 2 amide bonds. The van der Waals surface area contributed by atoms with Gasteiger partial charge in [-0.25, -0.2) is 0 Å². The molecule has 4 aliphatic rings.